The summed E-state index contributed by atoms with van der Waals surface area (Å²) >= 11 is 0. The maximum atomic E-state index is 8.70. The summed E-state index contributed by atoms with van der Waals surface area (Å²) in [6, 6.07) is 0. The van der Waals surface area contributed by atoms with Gasteiger partial charge in [-0.15, -0.1) is 16.4 Å². The summed E-state index contributed by atoms with van der Waals surface area (Å²) in [5.74, 6) is 0. The van der Waals surface area contributed by atoms with Crippen molar-refractivity contribution in [1.82, 2.24) is 0 Å². The minimum atomic E-state index is -2.87. The first-order valence-corrected chi connectivity index (χ1v) is 7.77. The lowest BCUT2D eigenvalue weighted by molar-refractivity contribution is 0.405. The molecule has 0 radical (unpaired) electrons. The maximum absolute atomic E-state index is 8.70. The van der Waals surface area contributed by atoms with Gasteiger partial charge in [0.05, 0.1) is 0 Å². The van der Waals surface area contributed by atoms with Crippen molar-refractivity contribution in [1.29, 1.82) is 0 Å². The van der Waals surface area contributed by atoms with Crippen molar-refractivity contribution in [3.8, 4) is 0 Å². The molecule has 0 aliphatic carbocycles. The van der Waals surface area contributed by atoms with Gasteiger partial charge in [-0.2, -0.15) is 0 Å². The van der Waals surface area contributed by atoms with E-state index in [9.17, 15) is 0 Å². The zero-order chi connectivity index (χ0) is 13.4. The molecule has 0 atom stereocenters. The largest absolute Gasteiger partial charge is 0.692 e. The Bertz CT molecular complexity index is 168. The van der Waals surface area contributed by atoms with Crippen molar-refractivity contribution in [3.63, 3.8) is 0 Å². The van der Waals surface area contributed by atoms with Gasteiger partial charge < -0.3 is 0 Å². The molecule has 17 heavy (non-hydrogen) atoms. The molecule has 0 saturated carbocycles. The molecular formula is C13H28O3P+. The fourth-order valence-corrected chi connectivity index (χ4v) is 1.60. The van der Waals surface area contributed by atoms with E-state index in [1.54, 1.807) is 0 Å². The quantitative estimate of drug-likeness (QED) is 0.340. The highest BCUT2D eigenvalue weighted by molar-refractivity contribution is 7.30. The Morgan fingerprint density at radius 3 is 1.65 bits per heavy atom. The molecule has 0 aliphatic rings. The van der Waals surface area contributed by atoms with Gasteiger partial charge in [0, 0.05) is 4.57 Å². The molecule has 0 bridgehead atoms. The first-order chi connectivity index (χ1) is 8.15. The lowest BCUT2D eigenvalue weighted by atomic mass is 10.1. The van der Waals surface area contributed by atoms with E-state index >= 15 is 0 Å². The summed E-state index contributed by atoms with van der Waals surface area (Å²) in [6.07, 6.45) is 16.0. The van der Waals surface area contributed by atoms with E-state index in [-0.39, 0.29) is 0 Å². The van der Waals surface area contributed by atoms with Crippen LogP contribution in [-0.4, -0.2) is 9.79 Å². The zero-order valence-electron chi connectivity index (χ0n) is 11.1. The fraction of sp³-hybridized carbons (Fsp3) is 0.846. The smallest absolute Gasteiger partial charge is 0.134 e. The van der Waals surface area contributed by atoms with Crippen molar-refractivity contribution >= 4 is 8.25 Å². The van der Waals surface area contributed by atoms with E-state index < -0.39 is 8.25 Å². The lowest BCUT2D eigenvalue weighted by Crippen LogP contribution is -1.80. The Balaban J connectivity index is 0. The normalized spacial score (nSPS) is 9.35. The van der Waals surface area contributed by atoms with Crippen LogP contribution in [0.3, 0.4) is 0 Å². The van der Waals surface area contributed by atoms with Crippen molar-refractivity contribution in [2.24, 2.45) is 0 Å². The van der Waals surface area contributed by atoms with Crippen molar-refractivity contribution in [2.75, 3.05) is 0 Å². The maximum Gasteiger partial charge on any atom is 0.692 e. The predicted molar refractivity (Wildman–Crippen MR) is 74.1 cm³/mol. The third kappa shape index (κ3) is 31.3. The standard InChI is InChI=1S/C13H26.HO3P/c1-3-5-7-9-11-13-12-10-8-6-4-2;1-4(2)3/h3H,1,4-13H2,2H3;(H-,1,2,3)/p+1. The van der Waals surface area contributed by atoms with Gasteiger partial charge in [0.15, 0.2) is 0 Å². The van der Waals surface area contributed by atoms with E-state index in [2.05, 4.69) is 13.5 Å². The van der Waals surface area contributed by atoms with Gasteiger partial charge in [0.2, 0.25) is 0 Å². The van der Waals surface area contributed by atoms with Crippen LogP contribution >= 0.6 is 8.25 Å². The molecule has 4 heteroatoms. The molecule has 0 unspecified atom stereocenters. The highest BCUT2D eigenvalue weighted by Gasteiger charge is 1.93. The summed E-state index contributed by atoms with van der Waals surface area (Å²) in [5.41, 5.74) is 0. The molecular weight excluding hydrogens is 235 g/mol. The number of unbranched alkanes of at least 4 members (excludes halogenated alkanes) is 9. The van der Waals surface area contributed by atoms with Gasteiger partial charge in [0.25, 0.3) is 0 Å². The Morgan fingerprint density at radius 1 is 0.941 bits per heavy atom. The Morgan fingerprint density at radius 2 is 1.29 bits per heavy atom. The van der Waals surface area contributed by atoms with E-state index in [1.165, 1.54) is 64.2 Å². The molecule has 0 aromatic carbocycles. The Hall–Kier alpha value is -0.240. The number of rotatable bonds is 10. The number of hydrogen-bond acceptors (Lipinski definition) is 1. The number of allylic oxidation sites excluding steroid dienone is 1. The molecule has 0 aromatic rings. The average Bonchev–Trinajstić information content (AvgIpc) is 2.26. The van der Waals surface area contributed by atoms with Crippen LogP contribution in [0.25, 0.3) is 0 Å². The minimum absolute atomic E-state index is 1.20. The van der Waals surface area contributed by atoms with Crippen LogP contribution in [0.15, 0.2) is 12.7 Å². The van der Waals surface area contributed by atoms with Crippen LogP contribution < -0.4 is 0 Å². The molecule has 0 spiro atoms. The van der Waals surface area contributed by atoms with Gasteiger partial charge in [-0.25, -0.2) is 0 Å². The zero-order valence-corrected chi connectivity index (χ0v) is 12.0. The third-order valence-corrected chi connectivity index (χ3v) is 2.51. The van der Waals surface area contributed by atoms with Crippen molar-refractivity contribution in [2.45, 2.75) is 71.1 Å². The fourth-order valence-electron chi connectivity index (χ4n) is 1.60. The highest BCUT2D eigenvalue weighted by atomic mass is 31.1. The molecule has 0 aromatic heterocycles. The van der Waals surface area contributed by atoms with Crippen LogP contribution in [0, 0.1) is 0 Å². The molecule has 0 rings (SSSR count). The van der Waals surface area contributed by atoms with Gasteiger partial charge >= 0.3 is 8.25 Å². The second-order valence-electron chi connectivity index (χ2n) is 4.16. The average molecular weight is 263 g/mol. The summed E-state index contributed by atoms with van der Waals surface area (Å²) in [5, 5.41) is 0. The molecule has 0 saturated heterocycles. The molecule has 0 heterocycles. The lowest BCUT2D eigenvalue weighted by Gasteiger charge is -2.00. The van der Waals surface area contributed by atoms with Gasteiger partial charge in [-0.3, -0.25) is 0 Å². The summed E-state index contributed by atoms with van der Waals surface area (Å²) in [7, 11) is -2.87. The highest BCUT2D eigenvalue weighted by Crippen LogP contribution is 2.10. The van der Waals surface area contributed by atoms with Crippen LogP contribution in [0.5, 0.6) is 0 Å². The van der Waals surface area contributed by atoms with Crippen LogP contribution in [0.4, 0.5) is 0 Å². The van der Waals surface area contributed by atoms with E-state index in [0.29, 0.717) is 0 Å². The topological polar surface area (TPSA) is 57.5 Å². The molecule has 3 nitrogen and oxygen atoms in total. The Labute approximate surface area is 107 Å². The van der Waals surface area contributed by atoms with Crippen LogP contribution in [-0.2, 0) is 4.57 Å². The molecule has 0 aliphatic heterocycles. The second-order valence-corrected chi connectivity index (χ2v) is 4.66. The van der Waals surface area contributed by atoms with Gasteiger partial charge in [-0.05, 0) is 12.8 Å². The third-order valence-electron chi connectivity index (χ3n) is 2.51. The summed E-state index contributed by atoms with van der Waals surface area (Å²) in [6.45, 7) is 6.00. The van der Waals surface area contributed by atoms with Gasteiger partial charge in [0.1, 0.15) is 0 Å². The van der Waals surface area contributed by atoms with Crippen LogP contribution in [0.1, 0.15) is 71.1 Å². The Kier molecular flexibility index (Phi) is 20.4. The SMILES string of the molecule is C=CCCCCCCCCCCC.O=[P+](O)O. The molecule has 0 amide bonds. The number of hydrogen-bond donors (Lipinski definition) is 2. The summed E-state index contributed by atoms with van der Waals surface area (Å²) in [4.78, 5) is 14.2. The van der Waals surface area contributed by atoms with E-state index in [4.69, 9.17) is 14.4 Å². The summed E-state index contributed by atoms with van der Waals surface area (Å²) < 4.78 is 8.70. The molecule has 102 valence electrons. The first-order valence-electron chi connectivity index (χ1n) is 6.61. The van der Waals surface area contributed by atoms with Gasteiger partial charge in [-0.1, -0.05) is 64.4 Å². The predicted octanol–water partition coefficient (Wildman–Crippen LogP) is 4.72. The first kappa shape index (κ1) is 19.1. The minimum Gasteiger partial charge on any atom is -0.134 e. The van der Waals surface area contributed by atoms with Crippen molar-refractivity contribution < 1.29 is 14.4 Å². The van der Waals surface area contributed by atoms with E-state index in [1.807, 2.05) is 6.08 Å². The van der Waals surface area contributed by atoms with Crippen LogP contribution in [0.2, 0.25) is 0 Å². The molecule has 2 N–H and O–H groups in total. The van der Waals surface area contributed by atoms with E-state index in [0.717, 1.165) is 0 Å². The molecule has 0 fully saturated rings. The monoisotopic (exact) mass is 263 g/mol. The van der Waals surface area contributed by atoms with Crippen molar-refractivity contribution in [3.05, 3.63) is 12.7 Å². The second kappa shape index (κ2) is 18.1.